The molecule has 184 valence electrons. The monoisotopic (exact) mass is 436 g/mol. The Morgan fingerprint density at radius 1 is 0.677 bits per heavy atom. The number of ether oxygens (including phenoxy) is 2. The molecule has 0 amide bonds. The van der Waals surface area contributed by atoms with Gasteiger partial charge in [0.05, 0.1) is 19.3 Å². The van der Waals surface area contributed by atoms with E-state index < -0.39 is 0 Å². The van der Waals surface area contributed by atoms with Gasteiger partial charge in [-0.3, -0.25) is 0 Å². The van der Waals surface area contributed by atoms with E-state index in [9.17, 15) is 0 Å². The van der Waals surface area contributed by atoms with Gasteiger partial charge in [-0.2, -0.15) is 0 Å². The van der Waals surface area contributed by atoms with E-state index in [0.717, 1.165) is 13.2 Å². The van der Waals surface area contributed by atoms with Crippen molar-refractivity contribution in [2.24, 2.45) is 0 Å². The third-order valence-corrected chi connectivity index (χ3v) is 6.57. The van der Waals surface area contributed by atoms with Crippen LogP contribution in [0.3, 0.4) is 0 Å². The van der Waals surface area contributed by atoms with Gasteiger partial charge in [-0.05, 0) is 19.3 Å². The summed E-state index contributed by atoms with van der Waals surface area (Å²) < 4.78 is 11.5. The first-order valence-electron chi connectivity index (χ1n) is 14.3. The second-order valence-corrected chi connectivity index (χ2v) is 9.84. The second kappa shape index (κ2) is 22.8. The molecule has 1 heterocycles. The molecule has 1 rings (SSSR count). The van der Waals surface area contributed by atoms with Crippen LogP contribution in [0.25, 0.3) is 0 Å². The highest BCUT2D eigenvalue weighted by Gasteiger charge is 2.23. The molecule has 2 heteroatoms. The van der Waals surface area contributed by atoms with E-state index in [1.165, 1.54) is 135 Å². The van der Waals surface area contributed by atoms with Crippen molar-refractivity contribution in [1.29, 1.82) is 0 Å². The molecule has 31 heavy (non-hydrogen) atoms. The Bertz CT molecular complexity index is 375. The van der Waals surface area contributed by atoms with E-state index in [1.54, 1.807) is 0 Å². The van der Waals surface area contributed by atoms with Crippen molar-refractivity contribution in [3.8, 4) is 0 Å². The van der Waals surface area contributed by atoms with Crippen molar-refractivity contribution in [2.75, 3.05) is 13.2 Å². The zero-order chi connectivity index (χ0) is 22.2. The van der Waals surface area contributed by atoms with Gasteiger partial charge < -0.3 is 9.47 Å². The number of allylic oxidation sites excluding steroid dienone is 1. The van der Waals surface area contributed by atoms with Crippen LogP contribution in [0.5, 0.6) is 0 Å². The minimum atomic E-state index is 0.303. The summed E-state index contributed by atoms with van der Waals surface area (Å²) in [4.78, 5) is 0. The molecule has 0 aromatic carbocycles. The van der Waals surface area contributed by atoms with Crippen molar-refractivity contribution < 1.29 is 9.47 Å². The van der Waals surface area contributed by atoms with E-state index in [0.29, 0.717) is 12.2 Å². The van der Waals surface area contributed by atoms with Crippen LogP contribution in [0, 0.1) is 0 Å². The van der Waals surface area contributed by atoms with E-state index in [1.807, 2.05) is 0 Å². The topological polar surface area (TPSA) is 21.8 Å². The van der Waals surface area contributed by atoms with E-state index in [-0.39, 0.29) is 0 Å². The highest BCUT2D eigenvalue weighted by Crippen LogP contribution is 2.17. The summed E-state index contributed by atoms with van der Waals surface area (Å²) in [6, 6.07) is 0. The molecular formula is C29H56O2. The van der Waals surface area contributed by atoms with Crippen LogP contribution >= 0.6 is 0 Å². The zero-order valence-corrected chi connectivity index (χ0v) is 21.4. The van der Waals surface area contributed by atoms with Crippen molar-refractivity contribution in [3.05, 3.63) is 12.2 Å². The van der Waals surface area contributed by atoms with Crippen LogP contribution in [0.15, 0.2) is 12.2 Å². The summed E-state index contributed by atoms with van der Waals surface area (Å²) in [6.45, 7) is 6.26. The Balaban J connectivity index is 1.98. The standard InChI is InChI=1S/C29H56O2/c1-3-5-7-9-11-13-15-17-19-21-23-25-28(30-26-29-27-31-29)24-22-20-18-16-14-12-10-8-6-4-2/h22,24,28-29H,3-21,23,25-27H2,1-2H3. The zero-order valence-electron chi connectivity index (χ0n) is 21.4. The van der Waals surface area contributed by atoms with Gasteiger partial charge in [0.1, 0.15) is 6.10 Å². The lowest BCUT2D eigenvalue weighted by atomic mass is 10.0. The number of rotatable bonds is 25. The van der Waals surface area contributed by atoms with Crippen LogP contribution in [0.1, 0.15) is 149 Å². The molecule has 0 N–H and O–H groups in total. The van der Waals surface area contributed by atoms with Gasteiger partial charge in [-0.25, -0.2) is 0 Å². The molecule has 1 fully saturated rings. The molecule has 0 aliphatic carbocycles. The molecule has 2 unspecified atom stereocenters. The van der Waals surface area contributed by atoms with Crippen LogP contribution in [-0.4, -0.2) is 25.4 Å². The lowest BCUT2D eigenvalue weighted by Gasteiger charge is -2.13. The Morgan fingerprint density at radius 3 is 1.61 bits per heavy atom. The van der Waals surface area contributed by atoms with Gasteiger partial charge in [0.2, 0.25) is 0 Å². The summed E-state index contributed by atoms with van der Waals surface area (Å²) in [5, 5.41) is 0. The van der Waals surface area contributed by atoms with E-state index >= 15 is 0 Å². The number of hydrogen-bond donors (Lipinski definition) is 0. The highest BCUT2D eigenvalue weighted by atomic mass is 16.6. The molecule has 2 nitrogen and oxygen atoms in total. The summed E-state index contributed by atoms with van der Waals surface area (Å²) in [6.07, 6.45) is 34.4. The Labute approximate surface area is 195 Å². The predicted octanol–water partition coefficient (Wildman–Crippen LogP) is 9.56. The van der Waals surface area contributed by atoms with Crippen LogP contribution < -0.4 is 0 Å². The second-order valence-electron chi connectivity index (χ2n) is 9.84. The van der Waals surface area contributed by atoms with E-state index in [2.05, 4.69) is 26.0 Å². The fourth-order valence-corrected chi connectivity index (χ4v) is 4.28. The maximum Gasteiger partial charge on any atom is 0.104 e. The number of epoxide rings is 1. The van der Waals surface area contributed by atoms with Crippen LogP contribution in [0.4, 0.5) is 0 Å². The van der Waals surface area contributed by atoms with Gasteiger partial charge >= 0.3 is 0 Å². The molecule has 0 aromatic rings. The Hall–Kier alpha value is -0.340. The summed E-state index contributed by atoms with van der Waals surface area (Å²) in [5.74, 6) is 0. The molecule has 0 aromatic heterocycles. The first-order chi connectivity index (χ1) is 15.4. The molecule has 1 saturated heterocycles. The maximum absolute atomic E-state index is 6.13. The first-order valence-corrected chi connectivity index (χ1v) is 14.3. The molecule has 0 saturated carbocycles. The van der Waals surface area contributed by atoms with Gasteiger partial charge in [0, 0.05) is 0 Å². The summed E-state index contributed by atoms with van der Waals surface area (Å²) in [7, 11) is 0. The molecule has 0 spiro atoms. The molecule has 0 bridgehead atoms. The van der Waals surface area contributed by atoms with Crippen molar-refractivity contribution in [3.63, 3.8) is 0 Å². The summed E-state index contributed by atoms with van der Waals surface area (Å²) >= 11 is 0. The average Bonchev–Trinajstić information content (AvgIpc) is 3.61. The third-order valence-electron chi connectivity index (χ3n) is 6.57. The largest absolute Gasteiger partial charge is 0.371 e. The van der Waals surface area contributed by atoms with E-state index in [4.69, 9.17) is 9.47 Å². The van der Waals surface area contributed by atoms with Crippen molar-refractivity contribution in [1.82, 2.24) is 0 Å². The number of hydrogen-bond acceptors (Lipinski definition) is 2. The average molecular weight is 437 g/mol. The molecule has 1 aliphatic rings. The molecular weight excluding hydrogens is 380 g/mol. The molecule has 2 atom stereocenters. The Morgan fingerprint density at radius 2 is 1.13 bits per heavy atom. The smallest absolute Gasteiger partial charge is 0.104 e. The maximum atomic E-state index is 6.13. The van der Waals surface area contributed by atoms with Gasteiger partial charge in [0.15, 0.2) is 0 Å². The van der Waals surface area contributed by atoms with Gasteiger partial charge in [-0.15, -0.1) is 0 Å². The van der Waals surface area contributed by atoms with Crippen LogP contribution in [0.2, 0.25) is 0 Å². The lowest BCUT2D eigenvalue weighted by Crippen LogP contribution is -2.14. The van der Waals surface area contributed by atoms with Crippen LogP contribution in [-0.2, 0) is 9.47 Å². The minimum Gasteiger partial charge on any atom is -0.371 e. The predicted molar refractivity (Wildman–Crippen MR) is 137 cm³/mol. The van der Waals surface area contributed by atoms with Crippen molar-refractivity contribution >= 4 is 0 Å². The lowest BCUT2D eigenvalue weighted by molar-refractivity contribution is 0.0651. The van der Waals surface area contributed by atoms with Gasteiger partial charge in [0.25, 0.3) is 0 Å². The van der Waals surface area contributed by atoms with Gasteiger partial charge in [-0.1, -0.05) is 142 Å². The fourth-order valence-electron chi connectivity index (χ4n) is 4.28. The Kier molecular flexibility index (Phi) is 21.1. The number of unbranched alkanes of at least 4 members (excludes halogenated alkanes) is 18. The quantitative estimate of drug-likeness (QED) is 0.0807. The SMILES string of the molecule is CCCCCCCCCCC=CC(CCCCCCCCCCCCC)OCC1CO1. The first kappa shape index (κ1) is 28.7. The normalized spacial score (nSPS) is 16.9. The molecule has 1 aliphatic heterocycles. The third kappa shape index (κ3) is 21.3. The minimum absolute atomic E-state index is 0.303. The molecule has 0 radical (unpaired) electrons. The van der Waals surface area contributed by atoms with Crippen molar-refractivity contribution in [2.45, 2.75) is 161 Å². The fraction of sp³-hybridized carbons (Fsp3) is 0.931. The highest BCUT2D eigenvalue weighted by molar-refractivity contribution is 4.90. The summed E-state index contributed by atoms with van der Waals surface area (Å²) in [5.41, 5.74) is 0.